The van der Waals surface area contributed by atoms with E-state index in [0.717, 1.165) is 18.6 Å². The zero-order valence-electron chi connectivity index (χ0n) is 11.7. The standard InChI is InChI=1S/C16H24N2S/c1-18(15-9-10-19-12-15)16(11-17-14-7-8-14)13-5-3-2-4-6-13/h2-6,14-17H,7-12H2,1H3. The summed E-state index contributed by atoms with van der Waals surface area (Å²) in [6, 6.07) is 13.0. The maximum atomic E-state index is 3.71. The first-order valence-corrected chi connectivity index (χ1v) is 8.58. The van der Waals surface area contributed by atoms with E-state index in [0.29, 0.717) is 6.04 Å². The molecule has 0 amide bonds. The summed E-state index contributed by atoms with van der Waals surface area (Å²) in [5.41, 5.74) is 1.45. The predicted octanol–water partition coefficient (Wildman–Crippen LogP) is 2.92. The van der Waals surface area contributed by atoms with Crippen LogP contribution in [0, 0.1) is 0 Å². The zero-order chi connectivity index (χ0) is 13.1. The highest BCUT2D eigenvalue weighted by Gasteiger charge is 2.29. The number of rotatable bonds is 6. The van der Waals surface area contributed by atoms with Gasteiger partial charge in [0.25, 0.3) is 0 Å². The summed E-state index contributed by atoms with van der Waals surface area (Å²) in [7, 11) is 2.31. The predicted molar refractivity (Wildman–Crippen MR) is 83.7 cm³/mol. The van der Waals surface area contributed by atoms with Gasteiger partial charge in [0.05, 0.1) is 0 Å². The van der Waals surface area contributed by atoms with Gasteiger partial charge in [-0.2, -0.15) is 11.8 Å². The molecule has 3 heteroatoms. The summed E-state index contributed by atoms with van der Waals surface area (Å²) in [6.07, 6.45) is 4.07. The van der Waals surface area contributed by atoms with E-state index in [1.807, 2.05) is 0 Å². The molecule has 2 unspecified atom stereocenters. The molecule has 1 saturated heterocycles. The maximum Gasteiger partial charge on any atom is 0.0472 e. The van der Waals surface area contributed by atoms with Crippen LogP contribution in [0.2, 0.25) is 0 Å². The molecule has 1 aliphatic heterocycles. The topological polar surface area (TPSA) is 15.3 Å². The van der Waals surface area contributed by atoms with Gasteiger partial charge in [-0.1, -0.05) is 30.3 Å². The lowest BCUT2D eigenvalue weighted by molar-refractivity contribution is 0.184. The van der Waals surface area contributed by atoms with Gasteiger partial charge in [-0.15, -0.1) is 0 Å². The van der Waals surface area contributed by atoms with Gasteiger partial charge in [0.2, 0.25) is 0 Å². The Bertz CT molecular complexity index is 385. The zero-order valence-corrected chi connectivity index (χ0v) is 12.5. The van der Waals surface area contributed by atoms with Crippen LogP contribution in [0.5, 0.6) is 0 Å². The van der Waals surface area contributed by atoms with Gasteiger partial charge in [0.1, 0.15) is 0 Å². The first-order chi connectivity index (χ1) is 9.34. The molecule has 1 heterocycles. The van der Waals surface area contributed by atoms with Crippen molar-refractivity contribution in [3.8, 4) is 0 Å². The van der Waals surface area contributed by atoms with Crippen molar-refractivity contribution in [1.82, 2.24) is 10.2 Å². The van der Waals surface area contributed by atoms with Crippen LogP contribution in [0.25, 0.3) is 0 Å². The smallest absolute Gasteiger partial charge is 0.0472 e. The normalized spacial score (nSPS) is 24.8. The van der Waals surface area contributed by atoms with Crippen molar-refractivity contribution in [2.45, 2.75) is 37.4 Å². The lowest BCUT2D eigenvalue weighted by Crippen LogP contribution is -2.40. The number of hydrogen-bond acceptors (Lipinski definition) is 3. The second kappa shape index (κ2) is 6.29. The van der Waals surface area contributed by atoms with E-state index >= 15 is 0 Å². The van der Waals surface area contributed by atoms with E-state index in [4.69, 9.17) is 0 Å². The van der Waals surface area contributed by atoms with Crippen LogP contribution < -0.4 is 5.32 Å². The van der Waals surface area contributed by atoms with Crippen molar-refractivity contribution in [2.24, 2.45) is 0 Å². The largest absolute Gasteiger partial charge is 0.312 e. The monoisotopic (exact) mass is 276 g/mol. The second-order valence-electron chi connectivity index (χ2n) is 5.79. The number of nitrogens with one attached hydrogen (secondary N) is 1. The van der Waals surface area contributed by atoms with Crippen LogP contribution in [0.3, 0.4) is 0 Å². The second-order valence-corrected chi connectivity index (χ2v) is 6.94. The van der Waals surface area contributed by atoms with Crippen molar-refractivity contribution in [1.29, 1.82) is 0 Å². The molecule has 0 spiro atoms. The van der Waals surface area contributed by atoms with Crippen LogP contribution >= 0.6 is 11.8 Å². The molecule has 2 atom stereocenters. The molecule has 1 aromatic rings. The van der Waals surface area contributed by atoms with Crippen molar-refractivity contribution in [2.75, 3.05) is 25.1 Å². The lowest BCUT2D eigenvalue weighted by Gasteiger charge is -2.33. The van der Waals surface area contributed by atoms with Crippen molar-refractivity contribution >= 4 is 11.8 Å². The van der Waals surface area contributed by atoms with E-state index < -0.39 is 0 Å². The molecule has 0 aromatic heterocycles. The Morgan fingerprint density at radius 2 is 2.05 bits per heavy atom. The summed E-state index contributed by atoms with van der Waals surface area (Å²) >= 11 is 2.10. The number of hydrogen-bond donors (Lipinski definition) is 1. The van der Waals surface area contributed by atoms with E-state index in [2.05, 4.69) is 59.4 Å². The van der Waals surface area contributed by atoms with Gasteiger partial charge < -0.3 is 5.32 Å². The maximum absolute atomic E-state index is 3.71. The van der Waals surface area contributed by atoms with Crippen LogP contribution in [0.4, 0.5) is 0 Å². The Labute approximate surface area is 121 Å². The molecule has 104 valence electrons. The number of nitrogens with zero attached hydrogens (tertiary/aromatic N) is 1. The van der Waals surface area contributed by atoms with Crippen LogP contribution in [-0.4, -0.2) is 42.1 Å². The SMILES string of the molecule is CN(C1CCSC1)C(CNC1CC1)c1ccccc1. The fraction of sp³-hybridized carbons (Fsp3) is 0.625. The van der Waals surface area contributed by atoms with Gasteiger partial charge in [0.15, 0.2) is 0 Å². The fourth-order valence-electron chi connectivity index (χ4n) is 2.84. The van der Waals surface area contributed by atoms with Gasteiger partial charge in [0, 0.05) is 30.4 Å². The summed E-state index contributed by atoms with van der Waals surface area (Å²) < 4.78 is 0. The Hall–Kier alpha value is -0.510. The first kappa shape index (κ1) is 13.5. The Balaban J connectivity index is 1.70. The number of likely N-dealkylation sites (N-methyl/N-ethyl adjacent to an activating group) is 1. The summed E-state index contributed by atoms with van der Waals surface area (Å²) in [5.74, 6) is 2.62. The number of benzene rings is 1. The molecule has 2 aliphatic rings. The van der Waals surface area contributed by atoms with Crippen molar-refractivity contribution in [3.63, 3.8) is 0 Å². The molecule has 1 aromatic carbocycles. The number of thioether (sulfide) groups is 1. The van der Waals surface area contributed by atoms with E-state index in [1.165, 1.54) is 36.3 Å². The average Bonchev–Trinajstić information content (AvgIpc) is 3.11. The van der Waals surface area contributed by atoms with E-state index in [-0.39, 0.29) is 0 Å². The Morgan fingerprint density at radius 3 is 2.68 bits per heavy atom. The highest BCUT2D eigenvalue weighted by molar-refractivity contribution is 7.99. The highest BCUT2D eigenvalue weighted by Crippen LogP contribution is 2.29. The summed E-state index contributed by atoms with van der Waals surface area (Å²) in [6.45, 7) is 1.09. The minimum absolute atomic E-state index is 0.519. The van der Waals surface area contributed by atoms with Gasteiger partial charge in [-0.05, 0) is 37.6 Å². The molecule has 0 bridgehead atoms. The molecule has 0 radical (unpaired) electrons. The molecule has 19 heavy (non-hydrogen) atoms. The fourth-order valence-corrected chi connectivity index (χ4v) is 4.11. The quantitative estimate of drug-likeness (QED) is 0.860. The third-order valence-electron chi connectivity index (χ3n) is 4.33. The molecule has 3 rings (SSSR count). The van der Waals surface area contributed by atoms with Crippen molar-refractivity contribution in [3.05, 3.63) is 35.9 Å². The third kappa shape index (κ3) is 3.53. The molecular formula is C16H24N2S. The lowest BCUT2D eigenvalue weighted by atomic mass is 10.0. The van der Waals surface area contributed by atoms with E-state index in [9.17, 15) is 0 Å². The molecule has 1 N–H and O–H groups in total. The first-order valence-electron chi connectivity index (χ1n) is 7.42. The van der Waals surface area contributed by atoms with Gasteiger partial charge in [-0.3, -0.25) is 4.90 Å². The van der Waals surface area contributed by atoms with Gasteiger partial charge >= 0.3 is 0 Å². The summed E-state index contributed by atoms with van der Waals surface area (Å²) in [5, 5.41) is 3.71. The molecular weight excluding hydrogens is 252 g/mol. The summed E-state index contributed by atoms with van der Waals surface area (Å²) in [4.78, 5) is 2.60. The Morgan fingerprint density at radius 1 is 1.26 bits per heavy atom. The van der Waals surface area contributed by atoms with Crippen molar-refractivity contribution < 1.29 is 0 Å². The minimum atomic E-state index is 0.519. The third-order valence-corrected chi connectivity index (χ3v) is 5.48. The van der Waals surface area contributed by atoms with Crippen LogP contribution in [0.1, 0.15) is 30.9 Å². The van der Waals surface area contributed by atoms with E-state index in [1.54, 1.807) is 0 Å². The van der Waals surface area contributed by atoms with Crippen LogP contribution in [-0.2, 0) is 0 Å². The molecule has 1 aliphatic carbocycles. The van der Waals surface area contributed by atoms with Crippen LogP contribution in [0.15, 0.2) is 30.3 Å². The molecule has 1 saturated carbocycles. The minimum Gasteiger partial charge on any atom is -0.312 e. The molecule has 2 nitrogen and oxygen atoms in total. The highest BCUT2D eigenvalue weighted by atomic mass is 32.2. The van der Waals surface area contributed by atoms with Gasteiger partial charge in [-0.25, -0.2) is 0 Å². The Kier molecular flexibility index (Phi) is 4.46. The average molecular weight is 276 g/mol. The molecule has 2 fully saturated rings.